The maximum absolute atomic E-state index is 4.39. The second-order valence-electron chi connectivity index (χ2n) is 7.24. The molecular weight excluding hydrogens is 298 g/mol. The van der Waals surface area contributed by atoms with E-state index in [-0.39, 0.29) is 0 Å². The molecule has 24 heavy (non-hydrogen) atoms. The molecule has 5 heteroatoms. The maximum Gasteiger partial charge on any atom is 0.191 e. The molecule has 142 valence electrons. The number of piperidine rings is 1. The summed E-state index contributed by atoms with van der Waals surface area (Å²) in [4.78, 5) is 9.52. The van der Waals surface area contributed by atoms with Crippen molar-refractivity contribution in [2.24, 2.45) is 4.99 Å². The minimum Gasteiger partial charge on any atom is -0.356 e. The maximum atomic E-state index is 4.39. The van der Waals surface area contributed by atoms with Crippen molar-refractivity contribution in [2.75, 3.05) is 46.3 Å². The quantitative estimate of drug-likeness (QED) is 0.365. The van der Waals surface area contributed by atoms with Gasteiger partial charge in [0.25, 0.3) is 0 Å². The van der Waals surface area contributed by atoms with E-state index in [4.69, 9.17) is 0 Å². The highest BCUT2D eigenvalue weighted by molar-refractivity contribution is 5.79. The molecule has 1 heterocycles. The molecule has 0 atom stereocenters. The largest absolute Gasteiger partial charge is 0.356 e. The Bertz CT molecular complexity index is 329. The Labute approximate surface area is 150 Å². The third-order valence-corrected chi connectivity index (χ3v) is 4.85. The van der Waals surface area contributed by atoms with Crippen molar-refractivity contribution in [2.45, 2.75) is 71.9 Å². The molecule has 0 aliphatic carbocycles. The van der Waals surface area contributed by atoms with E-state index in [1.807, 2.05) is 7.05 Å². The van der Waals surface area contributed by atoms with Crippen molar-refractivity contribution in [3.05, 3.63) is 0 Å². The molecule has 0 saturated carbocycles. The van der Waals surface area contributed by atoms with Crippen LogP contribution in [-0.2, 0) is 0 Å². The number of hydrogen-bond acceptors (Lipinski definition) is 3. The summed E-state index contributed by atoms with van der Waals surface area (Å²) < 4.78 is 0. The number of rotatable bonds is 10. The molecule has 1 saturated heterocycles. The second-order valence-corrected chi connectivity index (χ2v) is 7.24. The van der Waals surface area contributed by atoms with Crippen LogP contribution in [0.1, 0.15) is 59.8 Å². The highest BCUT2D eigenvalue weighted by Gasteiger charge is 2.21. The minimum absolute atomic E-state index is 0.558. The average Bonchev–Trinajstić information content (AvgIpc) is 2.58. The fourth-order valence-electron chi connectivity index (χ4n) is 3.43. The van der Waals surface area contributed by atoms with Crippen molar-refractivity contribution >= 4 is 5.96 Å². The Kier molecular flexibility index (Phi) is 11.1. The molecule has 1 fully saturated rings. The number of nitrogens with one attached hydrogen (secondary N) is 2. The van der Waals surface area contributed by atoms with Crippen molar-refractivity contribution in [1.82, 2.24) is 20.4 Å². The highest BCUT2D eigenvalue weighted by Crippen LogP contribution is 2.12. The van der Waals surface area contributed by atoms with Gasteiger partial charge in [-0.2, -0.15) is 0 Å². The lowest BCUT2D eigenvalue weighted by Crippen LogP contribution is -2.50. The number of aliphatic imine (C=N–C) groups is 1. The molecule has 1 rings (SSSR count). The summed E-state index contributed by atoms with van der Waals surface area (Å²) >= 11 is 0. The van der Waals surface area contributed by atoms with Crippen molar-refractivity contribution in [1.29, 1.82) is 0 Å². The normalized spacial score (nSPS) is 17.7. The van der Waals surface area contributed by atoms with Crippen LogP contribution >= 0.6 is 0 Å². The fourth-order valence-corrected chi connectivity index (χ4v) is 3.43. The summed E-state index contributed by atoms with van der Waals surface area (Å²) in [5.74, 6) is 0.968. The lowest BCUT2D eigenvalue weighted by molar-refractivity contribution is 0.167. The van der Waals surface area contributed by atoms with E-state index in [1.165, 1.54) is 64.8 Å². The van der Waals surface area contributed by atoms with Crippen LogP contribution in [0.25, 0.3) is 0 Å². The first-order valence-corrected chi connectivity index (χ1v) is 10.0. The van der Waals surface area contributed by atoms with E-state index in [1.54, 1.807) is 0 Å². The van der Waals surface area contributed by atoms with Gasteiger partial charge in [-0.05, 0) is 65.6 Å². The number of guanidine groups is 1. The van der Waals surface area contributed by atoms with Crippen LogP contribution < -0.4 is 10.6 Å². The van der Waals surface area contributed by atoms with Crippen LogP contribution in [0.2, 0.25) is 0 Å². The zero-order chi connectivity index (χ0) is 17.8. The highest BCUT2D eigenvalue weighted by atomic mass is 15.2. The minimum atomic E-state index is 0.558. The molecule has 2 N–H and O–H groups in total. The Balaban J connectivity index is 2.21. The average molecular weight is 340 g/mol. The summed E-state index contributed by atoms with van der Waals surface area (Å²) in [7, 11) is 1.87. The lowest BCUT2D eigenvalue weighted by atomic mass is 10.0. The van der Waals surface area contributed by atoms with Crippen LogP contribution in [0.15, 0.2) is 4.99 Å². The third kappa shape index (κ3) is 8.34. The smallest absolute Gasteiger partial charge is 0.191 e. The first-order valence-electron chi connectivity index (χ1n) is 10.0. The van der Waals surface area contributed by atoms with Crippen LogP contribution in [-0.4, -0.2) is 74.2 Å². The molecule has 0 amide bonds. The zero-order valence-electron chi connectivity index (χ0n) is 16.8. The zero-order valence-corrected chi connectivity index (χ0v) is 16.8. The van der Waals surface area contributed by atoms with E-state index < -0.39 is 0 Å². The summed E-state index contributed by atoms with van der Waals surface area (Å²) in [6.07, 6.45) is 6.07. The van der Waals surface area contributed by atoms with Crippen LogP contribution in [0.4, 0.5) is 0 Å². The van der Waals surface area contributed by atoms with E-state index in [0.717, 1.165) is 12.5 Å². The Morgan fingerprint density at radius 1 is 1.12 bits per heavy atom. The van der Waals surface area contributed by atoms with Gasteiger partial charge in [0.05, 0.1) is 0 Å². The molecule has 5 nitrogen and oxygen atoms in total. The van der Waals surface area contributed by atoms with Gasteiger partial charge in [0.1, 0.15) is 0 Å². The van der Waals surface area contributed by atoms with E-state index in [2.05, 4.69) is 53.1 Å². The molecule has 1 aliphatic heterocycles. The van der Waals surface area contributed by atoms with Gasteiger partial charge in [0, 0.05) is 38.8 Å². The van der Waals surface area contributed by atoms with E-state index in [9.17, 15) is 0 Å². The number of nitrogens with zero attached hydrogens (tertiary/aromatic N) is 3. The Morgan fingerprint density at radius 3 is 2.25 bits per heavy atom. The van der Waals surface area contributed by atoms with Gasteiger partial charge < -0.3 is 20.4 Å². The fraction of sp³-hybridized carbons (Fsp3) is 0.947. The van der Waals surface area contributed by atoms with E-state index >= 15 is 0 Å². The van der Waals surface area contributed by atoms with Gasteiger partial charge in [0.2, 0.25) is 0 Å². The van der Waals surface area contributed by atoms with Crippen LogP contribution in [0.5, 0.6) is 0 Å². The van der Waals surface area contributed by atoms with Gasteiger partial charge in [-0.15, -0.1) is 0 Å². The van der Waals surface area contributed by atoms with Crippen LogP contribution in [0, 0.1) is 0 Å². The van der Waals surface area contributed by atoms with Gasteiger partial charge >= 0.3 is 0 Å². The second kappa shape index (κ2) is 12.5. The lowest BCUT2D eigenvalue weighted by Gasteiger charge is -2.35. The predicted molar refractivity (Wildman–Crippen MR) is 106 cm³/mol. The molecule has 0 bridgehead atoms. The topological polar surface area (TPSA) is 42.9 Å². The number of likely N-dealkylation sites (tertiary alicyclic amines) is 1. The van der Waals surface area contributed by atoms with Gasteiger partial charge in [-0.3, -0.25) is 4.99 Å². The monoisotopic (exact) mass is 339 g/mol. The molecular formula is C19H41N5. The summed E-state index contributed by atoms with van der Waals surface area (Å²) in [5.41, 5.74) is 0. The SMILES string of the molecule is CCCN(CCC)CCCNC(=NC)NC1CCN(C(C)C)CC1. The van der Waals surface area contributed by atoms with E-state index in [0.29, 0.717) is 12.1 Å². The molecule has 0 radical (unpaired) electrons. The van der Waals surface area contributed by atoms with Crippen molar-refractivity contribution in [3.8, 4) is 0 Å². The third-order valence-electron chi connectivity index (χ3n) is 4.85. The molecule has 0 aromatic rings. The standard InChI is InChI=1S/C19H41N5/c1-6-12-23(13-7-2)14-8-11-21-19(20-5)22-18-9-15-24(16-10-18)17(3)4/h17-18H,6-16H2,1-5H3,(H2,20,21,22). The summed E-state index contributed by atoms with van der Waals surface area (Å²) in [6.45, 7) is 16.1. The Morgan fingerprint density at radius 2 is 1.75 bits per heavy atom. The molecule has 0 spiro atoms. The molecule has 0 unspecified atom stereocenters. The molecule has 1 aliphatic rings. The summed E-state index contributed by atoms with van der Waals surface area (Å²) in [6, 6.07) is 1.22. The summed E-state index contributed by atoms with van der Waals surface area (Å²) in [5, 5.41) is 7.09. The first kappa shape index (κ1) is 21.2. The van der Waals surface area contributed by atoms with Gasteiger partial charge in [-0.25, -0.2) is 0 Å². The van der Waals surface area contributed by atoms with Gasteiger partial charge in [0.15, 0.2) is 5.96 Å². The molecule has 0 aromatic heterocycles. The molecule has 0 aromatic carbocycles. The first-order chi connectivity index (χ1) is 11.6. The van der Waals surface area contributed by atoms with Crippen LogP contribution in [0.3, 0.4) is 0 Å². The Hall–Kier alpha value is -0.810. The number of hydrogen-bond donors (Lipinski definition) is 2. The predicted octanol–water partition coefficient (Wildman–Crippen LogP) is 2.54. The van der Waals surface area contributed by atoms with Crippen molar-refractivity contribution in [3.63, 3.8) is 0 Å². The van der Waals surface area contributed by atoms with Gasteiger partial charge in [-0.1, -0.05) is 13.8 Å². The van der Waals surface area contributed by atoms with Crippen molar-refractivity contribution < 1.29 is 0 Å².